The molecule has 0 fully saturated rings. The van der Waals surface area contributed by atoms with Gasteiger partial charge in [0.15, 0.2) is 0 Å². The summed E-state index contributed by atoms with van der Waals surface area (Å²) in [6, 6.07) is 3.85. The highest BCUT2D eigenvalue weighted by molar-refractivity contribution is 5.75. The zero-order chi connectivity index (χ0) is 12.7. The number of nitrogens with two attached hydrogens (primary N) is 1. The minimum Gasteiger partial charge on any atom is -0.341 e. The first-order chi connectivity index (χ1) is 8.13. The molecule has 1 aromatic rings. The number of amides is 1. The van der Waals surface area contributed by atoms with Crippen LogP contribution in [0.1, 0.15) is 25.3 Å². The Hall–Kier alpha value is -1.42. The zero-order valence-electron chi connectivity index (χ0n) is 10.6. The second-order valence-corrected chi connectivity index (χ2v) is 4.49. The number of aromatic nitrogens is 1. The number of rotatable bonds is 6. The molecule has 0 spiro atoms. The number of carbonyl (C=O) groups excluding carboxylic acids is 1. The second-order valence-electron chi connectivity index (χ2n) is 4.49. The van der Waals surface area contributed by atoms with Gasteiger partial charge in [0.1, 0.15) is 0 Å². The molecule has 1 aromatic heterocycles. The molecule has 0 radical (unpaired) electrons. The molecule has 94 valence electrons. The third-order valence-corrected chi connectivity index (χ3v) is 2.82. The van der Waals surface area contributed by atoms with Gasteiger partial charge < -0.3 is 10.6 Å². The lowest BCUT2D eigenvalue weighted by Crippen LogP contribution is -2.27. The fraction of sp³-hybridized carbons (Fsp3) is 0.538. The Morgan fingerprint density at radius 2 is 2.35 bits per heavy atom. The van der Waals surface area contributed by atoms with E-state index < -0.39 is 0 Å². The number of hydrogen-bond acceptors (Lipinski definition) is 3. The third kappa shape index (κ3) is 4.95. The minimum atomic E-state index is 0.161. The fourth-order valence-electron chi connectivity index (χ4n) is 1.53. The molecule has 1 heterocycles. The van der Waals surface area contributed by atoms with Crippen molar-refractivity contribution in [1.82, 2.24) is 9.88 Å². The van der Waals surface area contributed by atoms with Crippen molar-refractivity contribution in [2.24, 2.45) is 11.7 Å². The minimum absolute atomic E-state index is 0.161. The van der Waals surface area contributed by atoms with Crippen LogP contribution in [0.15, 0.2) is 24.5 Å². The van der Waals surface area contributed by atoms with Crippen LogP contribution < -0.4 is 5.73 Å². The van der Waals surface area contributed by atoms with E-state index in [9.17, 15) is 4.79 Å². The van der Waals surface area contributed by atoms with Gasteiger partial charge in [-0.3, -0.25) is 9.78 Å². The average Bonchev–Trinajstić information content (AvgIpc) is 2.36. The highest BCUT2D eigenvalue weighted by Gasteiger charge is 2.10. The van der Waals surface area contributed by atoms with Crippen LogP contribution in [0, 0.1) is 5.92 Å². The summed E-state index contributed by atoms with van der Waals surface area (Å²) in [4.78, 5) is 17.6. The van der Waals surface area contributed by atoms with E-state index in [0.717, 1.165) is 12.0 Å². The average molecular weight is 235 g/mol. The first-order valence-electron chi connectivity index (χ1n) is 5.96. The van der Waals surface area contributed by atoms with Crippen LogP contribution in [0.25, 0.3) is 0 Å². The normalized spacial score (nSPS) is 12.2. The second kappa shape index (κ2) is 7.01. The monoisotopic (exact) mass is 235 g/mol. The molecule has 17 heavy (non-hydrogen) atoms. The van der Waals surface area contributed by atoms with Crippen molar-refractivity contribution < 1.29 is 4.79 Å². The topological polar surface area (TPSA) is 59.2 Å². The Morgan fingerprint density at radius 1 is 1.59 bits per heavy atom. The van der Waals surface area contributed by atoms with Crippen molar-refractivity contribution in [3.63, 3.8) is 0 Å². The number of pyridine rings is 1. The Morgan fingerprint density at radius 3 is 2.94 bits per heavy atom. The maximum Gasteiger partial charge on any atom is 0.222 e. The van der Waals surface area contributed by atoms with E-state index in [1.807, 2.05) is 19.2 Å². The van der Waals surface area contributed by atoms with E-state index in [2.05, 4.69) is 11.9 Å². The molecule has 0 saturated carbocycles. The van der Waals surface area contributed by atoms with E-state index >= 15 is 0 Å². The molecule has 0 bridgehead atoms. The summed E-state index contributed by atoms with van der Waals surface area (Å²) in [6.07, 6.45) is 4.93. The molecule has 0 saturated heterocycles. The van der Waals surface area contributed by atoms with Gasteiger partial charge in [-0.25, -0.2) is 0 Å². The fourth-order valence-corrected chi connectivity index (χ4v) is 1.53. The van der Waals surface area contributed by atoms with Crippen LogP contribution in [0.5, 0.6) is 0 Å². The van der Waals surface area contributed by atoms with Crippen molar-refractivity contribution in [1.29, 1.82) is 0 Å². The van der Waals surface area contributed by atoms with Gasteiger partial charge in [0.05, 0.1) is 0 Å². The van der Waals surface area contributed by atoms with Gasteiger partial charge in [-0.05, 0) is 30.5 Å². The van der Waals surface area contributed by atoms with Gasteiger partial charge in [0.25, 0.3) is 0 Å². The highest BCUT2D eigenvalue weighted by atomic mass is 16.2. The quantitative estimate of drug-likeness (QED) is 0.811. The van der Waals surface area contributed by atoms with Crippen LogP contribution in [-0.2, 0) is 11.3 Å². The summed E-state index contributed by atoms with van der Waals surface area (Å²) in [6.45, 7) is 3.32. The molecule has 4 heteroatoms. The molecular weight excluding hydrogens is 214 g/mol. The maximum atomic E-state index is 11.8. The molecule has 4 nitrogen and oxygen atoms in total. The predicted molar refractivity (Wildman–Crippen MR) is 68.2 cm³/mol. The highest BCUT2D eigenvalue weighted by Crippen LogP contribution is 2.07. The summed E-state index contributed by atoms with van der Waals surface area (Å²) >= 11 is 0. The zero-order valence-corrected chi connectivity index (χ0v) is 10.6. The summed E-state index contributed by atoms with van der Waals surface area (Å²) in [5.74, 6) is 0.569. The molecule has 0 aliphatic carbocycles. The lowest BCUT2D eigenvalue weighted by molar-refractivity contribution is -0.130. The van der Waals surface area contributed by atoms with Gasteiger partial charge in [-0.1, -0.05) is 13.0 Å². The van der Waals surface area contributed by atoms with E-state index in [4.69, 9.17) is 5.73 Å². The van der Waals surface area contributed by atoms with Crippen LogP contribution in [0.3, 0.4) is 0 Å². The molecule has 2 N–H and O–H groups in total. The molecule has 0 aliphatic heterocycles. The van der Waals surface area contributed by atoms with Gasteiger partial charge in [-0.2, -0.15) is 0 Å². The molecule has 0 aliphatic rings. The number of nitrogens with zero attached hydrogens (tertiary/aromatic N) is 2. The van der Waals surface area contributed by atoms with Crippen LogP contribution in [0.4, 0.5) is 0 Å². The van der Waals surface area contributed by atoms with E-state index in [0.29, 0.717) is 25.4 Å². The van der Waals surface area contributed by atoms with Crippen LogP contribution >= 0.6 is 0 Å². The standard InChI is InChI=1S/C13H21N3O/c1-11(8-14)5-6-13(17)16(2)10-12-4-3-7-15-9-12/h3-4,7,9,11H,5-6,8,10,14H2,1-2H3. The largest absolute Gasteiger partial charge is 0.341 e. The Balaban J connectivity index is 2.37. The molecule has 0 aromatic carbocycles. The van der Waals surface area contributed by atoms with Crippen molar-refractivity contribution in [2.45, 2.75) is 26.3 Å². The first kappa shape index (κ1) is 13.6. The van der Waals surface area contributed by atoms with Crippen molar-refractivity contribution in [3.05, 3.63) is 30.1 Å². The van der Waals surface area contributed by atoms with Crippen molar-refractivity contribution >= 4 is 5.91 Å². The summed E-state index contributed by atoms with van der Waals surface area (Å²) < 4.78 is 0. The van der Waals surface area contributed by atoms with Crippen molar-refractivity contribution in [2.75, 3.05) is 13.6 Å². The SMILES string of the molecule is CC(CN)CCC(=O)N(C)Cc1cccnc1. The molecule has 1 amide bonds. The number of carbonyl (C=O) groups is 1. The first-order valence-corrected chi connectivity index (χ1v) is 5.96. The smallest absolute Gasteiger partial charge is 0.222 e. The molecule has 1 atom stereocenters. The van der Waals surface area contributed by atoms with E-state index in [-0.39, 0.29) is 5.91 Å². The van der Waals surface area contributed by atoms with Crippen LogP contribution in [0.2, 0.25) is 0 Å². The third-order valence-electron chi connectivity index (χ3n) is 2.82. The van der Waals surface area contributed by atoms with Gasteiger partial charge in [-0.15, -0.1) is 0 Å². The lowest BCUT2D eigenvalue weighted by Gasteiger charge is -2.18. The van der Waals surface area contributed by atoms with Crippen LogP contribution in [-0.4, -0.2) is 29.4 Å². The van der Waals surface area contributed by atoms with Gasteiger partial charge >= 0.3 is 0 Å². The number of hydrogen-bond donors (Lipinski definition) is 1. The summed E-state index contributed by atoms with van der Waals surface area (Å²) in [5.41, 5.74) is 6.58. The maximum absolute atomic E-state index is 11.8. The molecule has 1 rings (SSSR count). The predicted octanol–water partition coefficient (Wildman–Crippen LogP) is 1.41. The molecule has 1 unspecified atom stereocenters. The van der Waals surface area contributed by atoms with Gasteiger partial charge in [0, 0.05) is 32.4 Å². The lowest BCUT2D eigenvalue weighted by atomic mass is 10.1. The Bertz CT molecular complexity index is 340. The Kier molecular flexibility index (Phi) is 5.63. The van der Waals surface area contributed by atoms with Crippen molar-refractivity contribution in [3.8, 4) is 0 Å². The Labute approximate surface area is 103 Å². The summed E-state index contributed by atoms with van der Waals surface area (Å²) in [5, 5.41) is 0. The van der Waals surface area contributed by atoms with E-state index in [1.54, 1.807) is 17.3 Å². The van der Waals surface area contributed by atoms with Gasteiger partial charge in [0.2, 0.25) is 5.91 Å². The summed E-state index contributed by atoms with van der Waals surface area (Å²) in [7, 11) is 1.82. The molecular formula is C13H21N3O. The van der Waals surface area contributed by atoms with E-state index in [1.165, 1.54) is 0 Å².